The molecular weight excluding hydrogens is 314 g/mol. The van der Waals surface area contributed by atoms with Crippen LogP contribution in [0.15, 0.2) is 24.3 Å². The number of ether oxygens (including phenoxy) is 2. The summed E-state index contributed by atoms with van der Waals surface area (Å²) in [5.74, 6) is 0. The molecule has 0 saturated carbocycles. The fourth-order valence-corrected chi connectivity index (χ4v) is 3.61. The molecule has 0 radical (unpaired) electrons. The van der Waals surface area contributed by atoms with Gasteiger partial charge in [0.1, 0.15) is 0 Å². The predicted octanol–water partition coefficient (Wildman–Crippen LogP) is 2.78. The summed E-state index contributed by atoms with van der Waals surface area (Å²) in [4.78, 5) is 4.97. The normalized spacial score (nSPS) is 23.9. The van der Waals surface area contributed by atoms with Crippen molar-refractivity contribution in [3.63, 3.8) is 0 Å². The van der Waals surface area contributed by atoms with Crippen LogP contribution in [0.4, 0.5) is 0 Å². The predicted molar refractivity (Wildman–Crippen MR) is 97.1 cm³/mol. The second-order valence-corrected chi connectivity index (χ2v) is 6.96. The van der Waals surface area contributed by atoms with Crippen LogP contribution in [0.2, 0.25) is 0 Å². The fourth-order valence-electron chi connectivity index (χ4n) is 3.61. The molecule has 0 spiro atoms. The maximum absolute atomic E-state index is 9.07. The Morgan fingerprint density at radius 3 is 2.84 bits per heavy atom. The van der Waals surface area contributed by atoms with Gasteiger partial charge in [0, 0.05) is 45.4 Å². The van der Waals surface area contributed by atoms with Crippen molar-refractivity contribution >= 4 is 0 Å². The van der Waals surface area contributed by atoms with Gasteiger partial charge in [-0.2, -0.15) is 5.26 Å². The molecule has 5 heteroatoms. The van der Waals surface area contributed by atoms with Crippen LogP contribution in [-0.2, 0) is 9.47 Å². The molecule has 0 aliphatic carbocycles. The summed E-state index contributed by atoms with van der Waals surface area (Å²) in [6.07, 6.45) is 3.43. The van der Waals surface area contributed by atoms with Gasteiger partial charge in [0.25, 0.3) is 0 Å². The topological polar surface area (TPSA) is 48.7 Å². The third-order valence-electron chi connectivity index (χ3n) is 5.30. The second kappa shape index (κ2) is 9.30. The lowest BCUT2D eigenvalue weighted by atomic mass is 10.0. The van der Waals surface area contributed by atoms with Gasteiger partial charge < -0.3 is 9.47 Å². The molecule has 2 atom stereocenters. The van der Waals surface area contributed by atoms with E-state index < -0.39 is 0 Å². The third kappa shape index (κ3) is 5.26. The molecule has 2 fully saturated rings. The van der Waals surface area contributed by atoms with Crippen LogP contribution >= 0.6 is 0 Å². The molecule has 0 amide bonds. The molecule has 136 valence electrons. The number of benzene rings is 1. The summed E-state index contributed by atoms with van der Waals surface area (Å²) in [6.45, 7) is 9.05. The number of rotatable bonds is 6. The van der Waals surface area contributed by atoms with Crippen molar-refractivity contribution in [1.29, 1.82) is 5.26 Å². The van der Waals surface area contributed by atoms with E-state index in [2.05, 4.69) is 28.9 Å². The highest BCUT2D eigenvalue weighted by atomic mass is 16.7. The zero-order chi connectivity index (χ0) is 17.5. The quantitative estimate of drug-likeness (QED) is 0.795. The molecule has 5 nitrogen and oxygen atoms in total. The Morgan fingerprint density at radius 1 is 1.28 bits per heavy atom. The van der Waals surface area contributed by atoms with Crippen molar-refractivity contribution in [1.82, 2.24) is 9.80 Å². The summed E-state index contributed by atoms with van der Waals surface area (Å²) in [5.41, 5.74) is 1.97. The van der Waals surface area contributed by atoms with Gasteiger partial charge in [-0.15, -0.1) is 0 Å². The Hall–Kier alpha value is -1.45. The molecule has 1 aromatic carbocycles. The lowest BCUT2D eigenvalue weighted by Crippen LogP contribution is -2.48. The van der Waals surface area contributed by atoms with E-state index in [1.807, 2.05) is 18.2 Å². The van der Waals surface area contributed by atoms with Crippen LogP contribution in [0.5, 0.6) is 0 Å². The first kappa shape index (κ1) is 18.3. The van der Waals surface area contributed by atoms with Crippen molar-refractivity contribution in [3.05, 3.63) is 35.4 Å². The van der Waals surface area contributed by atoms with Gasteiger partial charge in [0.2, 0.25) is 0 Å². The molecule has 0 unspecified atom stereocenters. The fraction of sp³-hybridized carbons (Fsp3) is 0.650. The van der Waals surface area contributed by atoms with E-state index in [0.29, 0.717) is 6.04 Å². The van der Waals surface area contributed by atoms with Gasteiger partial charge in [-0.05, 0) is 43.9 Å². The number of nitriles is 1. The summed E-state index contributed by atoms with van der Waals surface area (Å²) in [7, 11) is 0. The van der Waals surface area contributed by atoms with E-state index in [1.165, 1.54) is 12.0 Å². The van der Waals surface area contributed by atoms with Crippen LogP contribution in [0.25, 0.3) is 0 Å². The minimum absolute atomic E-state index is 0.0162. The minimum atomic E-state index is 0.0162. The smallest absolute Gasteiger partial charge is 0.157 e. The van der Waals surface area contributed by atoms with E-state index in [-0.39, 0.29) is 6.29 Å². The van der Waals surface area contributed by atoms with Crippen LogP contribution < -0.4 is 0 Å². The second-order valence-electron chi connectivity index (χ2n) is 6.96. The average Bonchev–Trinajstić information content (AvgIpc) is 2.69. The van der Waals surface area contributed by atoms with Gasteiger partial charge in [-0.3, -0.25) is 9.80 Å². The zero-order valence-electron chi connectivity index (χ0n) is 15.2. The largest absolute Gasteiger partial charge is 0.353 e. The minimum Gasteiger partial charge on any atom is -0.353 e. The summed E-state index contributed by atoms with van der Waals surface area (Å²) >= 11 is 0. The molecule has 2 saturated heterocycles. The van der Waals surface area contributed by atoms with Gasteiger partial charge in [0.15, 0.2) is 6.29 Å². The van der Waals surface area contributed by atoms with Crippen molar-refractivity contribution in [2.45, 2.75) is 38.5 Å². The summed E-state index contributed by atoms with van der Waals surface area (Å²) < 4.78 is 11.5. The molecule has 0 aromatic heterocycles. The Labute approximate surface area is 151 Å². The van der Waals surface area contributed by atoms with Gasteiger partial charge in [0.05, 0.1) is 18.2 Å². The van der Waals surface area contributed by atoms with Gasteiger partial charge >= 0.3 is 0 Å². The van der Waals surface area contributed by atoms with E-state index in [4.69, 9.17) is 14.7 Å². The first-order valence-corrected chi connectivity index (χ1v) is 9.46. The number of piperazine rings is 1. The van der Waals surface area contributed by atoms with Crippen LogP contribution in [0.1, 0.15) is 43.4 Å². The Morgan fingerprint density at radius 2 is 2.12 bits per heavy atom. The van der Waals surface area contributed by atoms with E-state index in [9.17, 15) is 0 Å². The zero-order valence-corrected chi connectivity index (χ0v) is 15.2. The first-order chi connectivity index (χ1) is 12.3. The highest BCUT2D eigenvalue weighted by molar-refractivity contribution is 5.34. The molecule has 2 aliphatic heterocycles. The molecule has 25 heavy (non-hydrogen) atoms. The number of hydrogen-bond acceptors (Lipinski definition) is 5. The highest BCUT2D eigenvalue weighted by Gasteiger charge is 2.22. The lowest BCUT2D eigenvalue weighted by molar-refractivity contribution is -0.164. The van der Waals surface area contributed by atoms with Gasteiger partial charge in [-0.1, -0.05) is 12.1 Å². The van der Waals surface area contributed by atoms with Crippen molar-refractivity contribution in [3.8, 4) is 6.07 Å². The van der Waals surface area contributed by atoms with Crippen LogP contribution in [0, 0.1) is 11.3 Å². The Kier molecular flexibility index (Phi) is 6.83. The maximum atomic E-state index is 9.07. The van der Waals surface area contributed by atoms with E-state index in [0.717, 1.165) is 64.3 Å². The standard InChI is InChI=1S/C20H29N3O2/c1-17(19-6-4-5-18(15-19)16-21)23-10-8-22(9-11-23)12-14-25-20-7-2-3-13-24-20/h4-6,15,17,20H,2-3,7-14H2,1H3/t17-,20+/m1/s1. The molecule has 3 rings (SSSR count). The maximum Gasteiger partial charge on any atom is 0.157 e. The number of hydrogen-bond donors (Lipinski definition) is 0. The van der Waals surface area contributed by atoms with Gasteiger partial charge in [-0.25, -0.2) is 0 Å². The highest BCUT2D eigenvalue weighted by Crippen LogP contribution is 2.22. The molecule has 0 N–H and O–H groups in total. The Bertz CT molecular complexity index is 573. The number of nitrogens with zero attached hydrogens (tertiary/aromatic N) is 3. The summed E-state index contributed by atoms with van der Waals surface area (Å²) in [6, 6.07) is 10.6. The Balaban J connectivity index is 1.39. The van der Waals surface area contributed by atoms with Crippen molar-refractivity contribution < 1.29 is 9.47 Å². The van der Waals surface area contributed by atoms with E-state index >= 15 is 0 Å². The molecule has 1 aromatic rings. The van der Waals surface area contributed by atoms with E-state index in [1.54, 1.807) is 0 Å². The SMILES string of the molecule is C[C@H](c1cccc(C#N)c1)N1CCN(CCO[C@H]2CCCCO2)CC1. The monoisotopic (exact) mass is 343 g/mol. The van der Waals surface area contributed by atoms with Crippen molar-refractivity contribution in [2.75, 3.05) is 45.9 Å². The third-order valence-corrected chi connectivity index (χ3v) is 5.30. The molecular formula is C20H29N3O2. The van der Waals surface area contributed by atoms with Crippen LogP contribution in [-0.4, -0.2) is 62.0 Å². The first-order valence-electron chi connectivity index (χ1n) is 9.46. The molecule has 2 aliphatic rings. The van der Waals surface area contributed by atoms with Crippen LogP contribution in [0.3, 0.4) is 0 Å². The van der Waals surface area contributed by atoms with Crippen molar-refractivity contribution in [2.24, 2.45) is 0 Å². The average molecular weight is 343 g/mol. The summed E-state index contributed by atoms with van der Waals surface area (Å²) in [5, 5.41) is 9.07. The molecule has 2 heterocycles. The lowest BCUT2D eigenvalue weighted by Gasteiger charge is -2.38. The molecule has 0 bridgehead atoms.